The lowest BCUT2D eigenvalue weighted by atomic mass is 10.1. The predicted octanol–water partition coefficient (Wildman–Crippen LogP) is 1.75. The molecule has 146 valence electrons. The van der Waals surface area contributed by atoms with Gasteiger partial charge in [0.2, 0.25) is 0 Å². The summed E-state index contributed by atoms with van der Waals surface area (Å²) in [5.41, 5.74) is -0.0220. The van der Waals surface area contributed by atoms with Crippen LogP contribution in [0.1, 0.15) is 25.7 Å². The SMILES string of the molecule is O=C([O-])CCCCCNC(=O)COc1ccc2c(c1)oc(=O)c1ccccc12. The number of hydrogen-bond acceptors (Lipinski definition) is 6. The van der Waals surface area contributed by atoms with Gasteiger partial charge in [-0.2, -0.15) is 0 Å². The molecular formula is C21H20NO6-. The molecule has 28 heavy (non-hydrogen) atoms. The number of carboxylic acids is 1. The number of aliphatic carboxylic acids is 1. The molecule has 1 amide bonds. The lowest BCUT2D eigenvalue weighted by Crippen LogP contribution is -2.29. The average Bonchev–Trinajstić information content (AvgIpc) is 2.69. The van der Waals surface area contributed by atoms with Gasteiger partial charge >= 0.3 is 5.63 Å². The van der Waals surface area contributed by atoms with Gasteiger partial charge in [0.05, 0.1) is 5.39 Å². The van der Waals surface area contributed by atoms with Crippen LogP contribution in [0, 0.1) is 0 Å². The maximum absolute atomic E-state index is 12.1. The third-order valence-corrected chi connectivity index (χ3v) is 4.34. The molecule has 0 bridgehead atoms. The Morgan fingerprint density at radius 1 is 1.00 bits per heavy atom. The topological polar surface area (TPSA) is 109 Å². The Balaban J connectivity index is 1.55. The van der Waals surface area contributed by atoms with E-state index in [1.54, 1.807) is 30.3 Å². The molecule has 1 N–H and O–H groups in total. The van der Waals surface area contributed by atoms with Gasteiger partial charge in [0.15, 0.2) is 6.61 Å². The monoisotopic (exact) mass is 382 g/mol. The highest BCUT2D eigenvalue weighted by Crippen LogP contribution is 2.26. The van der Waals surface area contributed by atoms with E-state index in [2.05, 4.69) is 5.32 Å². The van der Waals surface area contributed by atoms with Crippen LogP contribution in [0.4, 0.5) is 0 Å². The fourth-order valence-electron chi connectivity index (χ4n) is 2.95. The highest BCUT2D eigenvalue weighted by Gasteiger charge is 2.09. The second-order valence-electron chi connectivity index (χ2n) is 6.41. The fraction of sp³-hybridized carbons (Fsp3) is 0.286. The van der Waals surface area contributed by atoms with Crippen LogP contribution in [0.15, 0.2) is 51.7 Å². The van der Waals surface area contributed by atoms with E-state index in [-0.39, 0.29) is 18.9 Å². The van der Waals surface area contributed by atoms with Crippen LogP contribution in [-0.4, -0.2) is 25.0 Å². The molecule has 3 aromatic rings. The Kier molecular flexibility index (Phi) is 6.26. The van der Waals surface area contributed by atoms with Crippen molar-refractivity contribution in [2.24, 2.45) is 0 Å². The number of fused-ring (bicyclic) bond motifs is 3. The van der Waals surface area contributed by atoms with Gasteiger partial charge in [-0.25, -0.2) is 4.79 Å². The van der Waals surface area contributed by atoms with Crippen LogP contribution in [-0.2, 0) is 9.59 Å². The lowest BCUT2D eigenvalue weighted by molar-refractivity contribution is -0.305. The van der Waals surface area contributed by atoms with Crippen molar-refractivity contribution in [1.29, 1.82) is 0 Å². The molecule has 0 spiro atoms. The van der Waals surface area contributed by atoms with Crippen molar-refractivity contribution in [2.75, 3.05) is 13.2 Å². The van der Waals surface area contributed by atoms with Gasteiger partial charge in [-0.3, -0.25) is 4.79 Å². The van der Waals surface area contributed by atoms with Gasteiger partial charge in [-0.1, -0.05) is 24.6 Å². The zero-order valence-corrected chi connectivity index (χ0v) is 15.2. The molecule has 1 heterocycles. The smallest absolute Gasteiger partial charge is 0.344 e. The quantitative estimate of drug-likeness (QED) is 0.343. The Morgan fingerprint density at radius 2 is 1.79 bits per heavy atom. The number of benzene rings is 2. The number of carbonyl (C=O) groups is 2. The molecule has 2 aromatic carbocycles. The molecule has 0 saturated carbocycles. The molecule has 0 atom stereocenters. The fourth-order valence-corrected chi connectivity index (χ4v) is 2.95. The van der Waals surface area contributed by atoms with E-state index in [1.165, 1.54) is 0 Å². The number of carbonyl (C=O) groups excluding carboxylic acids is 2. The second kappa shape index (κ2) is 9.03. The Labute approximate surface area is 160 Å². The third-order valence-electron chi connectivity index (χ3n) is 4.34. The van der Waals surface area contributed by atoms with Gasteiger partial charge in [0.25, 0.3) is 5.91 Å². The van der Waals surface area contributed by atoms with Crippen molar-refractivity contribution in [2.45, 2.75) is 25.7 Å². The van der Waals surface area contributed by atoms with Crippen LogP contribution >= 0.6 is 0 Å². The van der Waals surface area contributed by atoms with Crippen molar-refractivity contribution < 1.29 is 23.8 Å². The number of ether oxygens (including phenoxy) is 1. The summed E-state index contributed by atoms with van der Waals surface area (Å²) in [5, 5.41) is 15.1. The van der Waals surface area contributed by atoms with Crippen molar-refractivity contribution in [1.82, 2.24) is 5.32 Å². The van der Waals surface area contributed by atoms with Gasteiger partial charge in [0, 0.05) is 24.0 Å². The van der Waals surface area contributed by atoms with E-state index >= 15 is 0 Å². The summed E-state index contributed by atoms with van der Waals surface area (Å²) in [6, 6.07) is 12.3. The number of amides is 1. The van der Waals surface area contributed by atoms with Gasteiger partial charge in [-0.15, -0.1) is 0 Å². The summed E-state index contributed by atoms with van der Waals surface area (Å²) >= 11 is 0. The maximum Gasteiger partial charge on any atom is 0.344 e. The summed E-state index contributed by atoms with van der Waals surface area (Å²) < 4.78 is 10.8. The molecule has 7 nitrogen and oxygen atoms in total. The summed E-state index contributed by atoms with van der Waals surface area (Å²) in [7, 11) is 0. The van der Waals surface area contributed by atoms with Crippen molar-refractivity contribution >= 4 is 33.6 Å². The maximum atomic E-state index is 12.1. The Bertz CT molecular complexity index is 1060. The normalized spacial score (nSPS) is 10.9. The highest BCUT2D eigenvalue weighted by molar-refractivity contribution is 6.04. The summed E-state index contributed by atoms with van der Waals surface area (Å²) in [4.78, 5) is 34.2. The van der Waals surface area contributed by atoms with Gasteiger partial charge in [0.1, 0.15) is 11.3 Å². The first kappa shape index (κ1) is 19.4. The van der Waals surface area contributed by atoms with E-state index < -0.39 is 11.6 Å². The molecule has 0 radical (unpaired) electrons. The first-order valence-corrected chi connectivity index (χ1v) is 9.09. The van der Waals surface area contributed by atoms with Crippen LogP contribution in [0.5, 0.6) is 5.75 Å². The first-order chi connectivity index (χ1) is 13.5. The molecule has 7 heteroatoms. The largest absolute Gasteiger partial charge is 0.550 e. The second-order valence-corrected chi connectivity index (χ2v) is 6.41. The molecule has 1 aromatic heterocycles. The predicted molar refractivity (Wildman–Crippen MR) is 102 cm³/mol. The Hall–Kier alpha value is -3.35. The minimum Gasteiger partial charge on any atom is -0.550 e. The zero-order valence-electron chi connectivity index (χ0n) is 15.2. The number of nitrogens with one attached hydrogen (secondary N) is 1. The minimum absolute atomic E-state index is 0.0322. The molecule has 0 fully saturated rings. The van der Waals surface area contributed by atoms with Gasteiger partial charge < -0.3 is 24.4 Å². The molecule has 0 saturated heterocycles. The zero-order chi connectivity index (χ0) is 19.9. The summed E-state index contributed by atoms with van der Waals surface area (Å²) in [6.07, 6.45) is 1.95. The van der Waals surface area contributed by atoms with Crippen LogP contribution < -0.4 is 20.8 Å². The molecule has 0 unspecified atom stereocenters. The standard InChI is InChI=1S/C21H21NO6/c23-19(22-11-5-1-2-8-20(24)25)13-27-14-9-10-16-15-6-3-4-7-17(15)21(26)28-18(16)12-14/h3-4,6-7,9-10,12H,1-2,5,8,11,13H2,(H,22,23)(H,24,25)/p-1. The number of rotatable bonds is 9. The first-order valence-electron chi connectivity index (χ1n) is 9.09. The number of hydrogen-bond donors (Lipinski definition) is 1. The van der Waals surface area contributed by atoms with E-state index in [9.17, 15) is 19.5 Å². The van der Waals surface area contributed by atoms with E-state index in [4.69, 9.17) is 9.15 Å². The molecule has 0 aliphatic carbocycles. The molecule has 3 rings (SSSR count). The third kappa shape index (κ3) is 4.88. The number of carboxylic acid groups (broad SMARTS) is 1. The molecular weight excluding hydrogens is 362 g/mol. The highest BCUT2D eigenvalue weighted by atomic mass is 16.5. The van der Waals surface area contributed by atoms with E-state index in [0.717, 1.165) is 10.8 Å². The van der Waals surface area contributed by atoms with Crippen LogP contribution in [0.25, 0.3) is 21.7 Å². The summed E-state index contributed by atoms with van der Waals surface area (Å²) in [5.74, 6) is -0.911. The van der Waals surface area contributed by atoms with Crippen molar-refractivity contribution in [3.05, 3.63) is 52.9 Å². The van der Waals surface area contributed by atoms with Crippen LogP contribution in [0.2, 0.25) is 0 Å². The average molecular weight is 382 g/mol. The number of unbranched alkanes of at least 4 members (excludes halogenated alkanes) is 2. The van der Waals surface area contributed by atoms with E-state index in [0.29, 0.717) is 42.5 Å². The molecule has 0 aliphatic rings. The lowest BCUT2D eigenvalue weighted by Gasteiger charge is -2.09. The Morgan fingerprint density at radius 3 is 2.57 bits per heavy atom. The molecule has 0 aliphatic heterocycles. The van der Waals surface area contributed by atoms with E-state index in [1.807, 2.05) is 12.1 Å². The van der Waals surface area contributed by atoms with Crippen molar-refractivity contribution in [3.8, 4) is 5.75 Å². The summed E-state index contributed by atoms with van der Waals surface area (Å²) in [6.45, 7) is 0.288. The van der Waals surface area contributed by atoms with Crippen LogP contribution in [0.3, 0.4) is 0 Å². The minimum atomic E-state index is -1.06. The van der Waals surface area contributed by atoms with Crippen molar-refractivity contribution in [3.63, 3.8) is 0 Å². The van der Waals surface area contributed by atoms with Gasteiger partial charge in [-0.05, 0) is 42.8 Å².